The second kappa shape index (κ2) is 4.97. The van der Waals surface area contributed by atoms with Crippen LogP contribution in [-0.4, -0.2) is 41.7 Å². The number of nitro groups is 1. The zero-order valence-electron chi connectivity index (χ0n) is 10.9. The van der Waals surface area contributed by atoms with E-state index in [2.05, 4.69) is 0 Å². The van der Waals surface area contributed by atoms with Gasteiger partial charge >= 0.3 is 11.7 Å². The second-order valence-electron chi connectivity index (χ2n) is 4.72. The lowest BCUT2D eigenvalue weighted by Crippen LogP contribution is -2.50. The third-order valence-corrected chi connectivity index (χ3v) is 3.45. The molecule has 8 heteroatoms. The smallest absolute Gasteiger partial charge is 0.333 e. The van der Waals surface area contributed by atoms with Crippen molar-refractivity contribution in [2.75, 3.05) is 25.1 Å². The molecule has 1 fully saturated rings. The molecule has 0 radical (unpaired) electrons. The molecule has 108 valence electrons. The summed E-state index contributed by atoms with van der Waals surface area (Å²) >= 11 is 0. The average Bonchev–Trinajstić information content (AvgIpc) is 2.81. The average molecular weight is 281 g/mol. The van der Waals surface area contributed by atoms with Crippen LogP contribution in [0.25, 0.3) is 0 Å². The Morgan fingerprint density at radius 2 is 2.30 bits per heavy atom. The number of carbonyl (C=O) groups is 1. The quantitative estimate of drug-likeness (QED) is 0.612. The molecular weight excluding hydrogens is 266 g/mol. The van der Waals surface area contributed by atoms with Gasteiger partial charge in [0.1, 0.15) is 11.2 Å². The van der Waals surface area contributed by atoms with Gasteiger partial charge < -0.3 is 20.5 Å². The molecule has 1 atom stereocenters. The Labute approximate surface area is 114 Å². The van der Waals surface area contributed by atoms with E-state index in [4.69, 9.17) is 15.6 Å². The molecule has 1 aliphatic rings. The number of para-hydroxylation sites is 1. The highest BCUT2D eigenvalue weighted by atomic mass is 16.6. The van der Waals surface area contributed by atoms with Gasteiger partial charge in [0.25, 0.3) is 0 Å². The van der Waals surface area contributed by atoms with Crippen LogP contribution in [0.5, 0.6) is 5.75 Å². The summed E-state index contributed by atoms with van der Waals surface area (Å²) in [6.07, 6.45) is 0.233. The highest BCUT2D eigenvalue weighted by Gasteiger charge is 2.43. The van der Waals surface area contributed by atoms with Gasteiger partial charge in [0, 0.05) is 13.1 Å². The first-order chi connectivity index (χ1) is 9.39. The normalized spacial score (nSPS) is 21.8. The second-order valence-corrected chi connectivity index (χ2v) is 4.72. The molecule has 1 aromatic rings. The zero-order chi connectivity index (χ0) is 14.9. The lowest BCUT2D eigenvalue weighted by Gasteiger charge is -2.21. The van der Waals surface area contributed by atoms with Crippen LogP contribution in [-0.2, 0) is 4.79 Å². The molecule has 2 rings (SSSR count). The number of hydrogen-bond donors (Lipinski definition) is 2. The first kappa shape index (κ1) is 14.1. The summed E-state index contributed by atoms with van der Waals surface area (Å²) in [7, 11) is 1.35. The van der Waals surface area contributed by atoms with Crippen molar-refractivity contribution in [3.63, 3.8) is 0 Å². The molecular formula is C12H15N3O5. The van der Waals surface area contributed by atoms with E-state index in [9.17, 15) is 14.9 Å². The molecule has 1 unspecified atom stereocenters. The van der Waals surface area contributed by atoms with Crippen LogP contribution in [0.15, 0.2) is 18.2 Å². The first-order valence-electron chi connectivity index (χ1n) is 5.97. The molecule has 8 nitrogen and oxygen atoms in total. The van der Waals surface area contributed by atoms with Crippen molar-refractivity contribution in [1.82, 2.24) is 0 Å². The molecule has 20 heavy (non-hydrogen) atoms. The molecule has 0 aromatic heterocycles. The number of anilines is 1. The number of nitrogens with two attached hydrogens (primary N) is 1. The number of carboxylic acid groups (broad SMARTS) is 1. The van der Waals surface area contributed by atoms with Crippen molar-refractivity contribution < 1.29 is 19.6 Å². The maximum Gasteiger partial charge on any atom is 0.333 e. The molecule has 1 aliphatic heterocycles. The summed E-state index contributed by atoms with van der Waals surface area (Å²) in [6.45, 7) is 0.368. The van der Waals surface area contributed by atoms with E-state index >= 15 is 0 Å². The molecule has 1 aromatic carbocycles. The standard InChI is InChI=1S/C12H15N3O5/c1-20-9-4-2-3-8(10(9)15(18)19)14-6-5-12(13,7-14)11(16)17/h2-4H,5-7,13H2,1H3,(H,16,17). The summed E-state index contributed by atoms with van der Waals surface area (Å²) in [6, 6.07) is 4.68. The van der Waals surface area contributed by atoms with Crippen molar-refractivity contribution in [3.8, 4) is 5.75 Å². The van der Waals surface area contributed by atoms with Crippen molar-refractivity contribution in [2.45, 2.75) is 12.0 Å². The van der Waals surface area contributed by atoms with E-state index in [0.29, 0.717) is 12.2 Å². The maximum atomic E-state index is 11.2. The number of nitro benzene ring substituents is 1. The fraction of sp³-hybridized carbons (Fsp3) is 0.417. The molecule has 1 heterocycles. The maximum absolute atomic E-state index is 11.2. The first-order valence-corrected chi connectivity index (χ1v) is 5.97. The van der Waals surface area contributed by atoms with Gasteiger partial charge in [0.05, 0.1) is 12.0 Å². The van der Waals surface area contributed by atoms with Crippen LogP contribution in [0.4, 0.5) is 11.4 Å². The van der Waals surface area contributed by atoms with Gasteiger partial charge in [0.2, 0.25) is 0 Å². The van der Waals surface area contributed by atoms with Crippen molar-refractivity contribution in [2.24, 2.45) is 5.73 Å². The Bertz CT molecular complexity index is 562. The molecule has 0 bridgehead atoms. The van der Waals surface area contributed by atoms with Crippen LogP contribution in [0.2, 0.25) is 0 Å². The Hall–Kier alpha value is -2.35. The van der Waals surface area contributed by atoms with E-state index in [1.165, 1.54) is 13.2 Å². The monoisotopic (exact) mass is 281 g/mol. The van der Waals surface area contributed by atoms with E-state index in [1.54, 1.807) is 17.0 Å². The minimum absolute atomic E-state index is 0.0241. The van der Waals surface area contributed by atoms with E-state index < -0.39 is 16.4 Å². The van der Waals surface area contributed by atoms with Crippen LogP contribution in [0.1, 0.15) is 6.42 Å². The van der Waals surface area contributed by atoms with Gasteiger partial charge in [-0.2, -0.15) is 0 Å². The number of methoxy groups -OCH3 is 1. The topological polar surface area (TPSA) is 119 Å². The van der Waals surface area contributed by atoms with Crippen LogP contribution >= 0.6 is 0 Å². The summed E-state index contributed by atoms with van der Waals surface area (Å²) < 4.78 is 4.99. The molecule has 0 amide bonds. The van der Waals surface area contributed by atoms with Gasteiger partial charge in [-0.05, 0) is 18.6 Å². The largest absolute Gasteiger partial charge is 0.490 e. The number of nitrogens with zero attached hydrogens (tertiary/aromatic N) is 2. The van der Waals surface area contributed by atoms with Gasteiger partial charge in [-0.3, -0.25) is 14.9 Å². The number of carboxylic acids is 1. The summed E-state index contributed by atoms with van der Waals surface area (Å²) in [5.41, 5.74) is 4.55. The number of hydrogen-bond acceptors (Lipinski definition) is 6. The summed E-state index contributed by atoms with van der Waals surface area (Å²) in [5, 5.41) is 20.3. The minimum Gasteiger partial charge on any atom is -0.490 e. The van der Waals surface area contributed by atoms with Gasteiger partial charge in [-0.25, -0.2) is 0 Å². The Morgan fingerprint density at radius 1 is 1.60 bits per heavy atom. The van der Waals surface area contributed by atoms with Crippen LogP contribution in [0.3, 0.4) is 0 Å². The Kier molecular flexibility index (Phi) is 3.49. The molecule has 0 aliphatic carbocycles. The SMILES string of the molecule is COc1cccc(N2CCC(N)(C(=O)O)C2)c1[N+](=O)[O-]. The van der Waals surface area contributed by atoms with Crippen molar-refractivity contribution in [3.05, 3.63) is 28.3 Å². The highest BCUT2D eigenvalue weighted by Crippen LogP contribution is 2.39. The third kappa shape index (κ3) is 2.25. The van der Waals surface area contributed by atoms with Crippen molar-refractivity contribution >= 4 is 17.3 Å². The Balaban J connectivity index is 2.40. The van der Waals surface area contributed by atoms with E-state index in [0.717, 1.165) is 0 Å². The van der Waals surface area contributed by atoms with Gasteiger partial charge in [-0.1, -0.05) is 6.07 Å². The number of ether oxygens (including phenoxy) is 1. The predicted octanol–water partition coefficient (Wildman–Crippen LogP) is 0.596. The lowest BCUT2D eigenvalue weighted by molar-refractivity contribution is -0.385. The van der Waals surface area contributed by atoms with Crippen LogP contribution in [0, 0.1) is 10.1 Å². The molecule has 0 saturated carbocycles. The van der Waals surface area contributed by atoms with Gasteiger partial charge in [-0.15, -0.1) is 0 Å². The number of benzene rings is 1. The summed E-state index contributed by atoms with van der Waals surface area (Å²) in [4.78, 5) is 23.4. The fourth-order valence-electron chi connectivity index (χ4n) is 2.33. The third-order valence-electron chi connectivity index (χ3n) is 3.45. The number of aliphatic carboxylic acids is 1. The van der Waals surface area contributed by atoms with Gasteiger partial charge in [0.15, 0.2) is 5.75 Å². The predicted molar refractivity (Wildman–Crippen MR) is 71.0 cm³/mol. The molecule has 0 spiro atoms. The summed E-state index contributed by atoms with van der Waals surface area (Å²) in [5.74, 6) is -0.970. The van der Waals surface area contributed by atoms with Crippen LogP contribution < -0.4 is 15.4 Å². The fourth-order valence-corrected chi connectivity index (χ4v) is 2.33. The van der Waals surface area contributed by atoms with E-state index in [-0.39, 0.29) is 24.4 Å². The highest BCUT2D eigenvalue weighted by molar-refractivity contribution is 5.81. The zero-order valence-corrected chi connectivity index (χ0v) is 10.9. The van der Waals surface area contributed by atoms with Crippen molar-refractivity contribution in [1.29, 1.82) is 0 Å². The number of rotatable bonds is 4. The Morgan fingerprint density at radius 3 is 2.80 bits per heavy atom. The lowest BCUT2D eigenvalue weighted by atomic mass is 10.0. The molecule has 1 saturated heterocycles. The minimum atomic E-state index is -1.38. The molecule has 3 N–H and O–H groups in total. The van der Waals surface area contributed by atoms with E-state index in [1.807, 2.05) is 0 Å².